The van der Waals surface area contributed by atoms with Crippen molar-refractivity contribution in [3.63, 3.8) is 0 Å². The molecular weight excluding hydrogens is 198 g/mol. The number of hydrogen-bond acceptors (Lipinski definition) is 1. The molecule has 1 aromatic carbocycles. The SMILES string of the molecule is CCNC(=O)c1c(C)c(C)c(C)c(C)c1C. The van der Waals surface area contributed by atoms with Gasteiger partial charge in [-0.3, -0.25) is 4.79 Å². The Labute approximate surface area is 98.1 Å². The topological polar surface area (TPSA) is 29.1 Å². The predicted octanol–water partition coefficient (Wildman–Crippen LogP) is 2.98. The van der Waals surface area contributed by atoms with Crippen molar-refractivity contribution < 1.29 is 4.79 Å². The summed E-state index contributed by atoms with van der Waals surface area (Å²) in [5.74, 6) is 0.0451. The largest absolute Gasteiger partial charge is 0.352 e. The van der Waals surface area contributed by atoms with Crippen LogP contribution in [0.3, 0.4) is 0 Å². The van der Waals surface area contributed by atoms with Crippen molar-refractivity contribution in [1.29, 1.82) is 0 Å². The molecule has 0 saturated carbocycles. The normalized spacial score (nSPS) is 10.4. The van der Waals surface area contributed by atoms with Gasteiger partial charge in [0.15, 0.2) is 0 Å². The Hall–Kier alpha value is -1.31. The lowest BCUT2D eigenvalue weighted by Crippen LogP contribution is -2.25. The highest BCUT2D eigenvalue weighted by atomic mass is 16.1. The summed E-state index contributed by atoms with van der Waals surface area (Å²) in [7, 11) is 0. The summed E-state index contributed by atoms with van der Waals surface area (Å²) >= 11 is 0. The molecule has 0 atom stereocenters. The first-order chi connectivity index (χ1) is 7.41. The molecule has 1 amide bonds. The van der Waals surface area contributed by atoms with Crippen LogP contribution in [0, 0.1) is 34.6 Å². The number of rotatable bonds is 2. The lowest BCUT2D eigenvalue weighted by molar-refractivity contribution is 0.0954. The summed E-state index contributed by atoms with van der Waals surface area (Å²) < 4.78 is 0. The van der Waals surface area contributed by atoms with Crippen molar-refractivity contribution in [2.45, 2.75) is 41.5 Å². The third-order valence-corrected chi connectivity index (χ3v) is 3.56. The highest BCUT2D eigenvalue weighted by Crippen LogP contribution is 2.25. The molecule has 0 aliphatic carbocycles. The molecule has 16 heavy (non-hydrogen) atoms. The van der Waals surface area contributed by atoms with Crippen LogP contribution in [0.2, 0.25) is 0 Å². The Morgan fingerprint density at radius 3 is 1.62 bits per heavy atom. The van der Waals surface area contributed by atoms with E-state index in [-0.39, 0.29) is 5.91 Å². The molecule has 0 heterocycles. The van der Waals surface area contributed by atoms with E-state index in [4.69, 9.17) is 0 Å². The molecular formula is C14H21NO. The number of benzene rings is 1. The lowest BCUT2D eigenvalue weighted by atomic mass is 9.89. The van der Waals surface area contributed by atoms with Crippen LogP contribution in [-0.2, 0) is 0 Å². The third kappa shape index (κ3) is 1.97. The lowest BCUT2D eigenvalue weighted by Gasteiger charge is -2.17. The van der Waals surface area contributed by atoms with Crippen molar-refractivity contribution in [2.75, 3.05) is 6.54 Å². The maximum absolute atomic E-state index is 12.0. The first kappa shape index (κ1) is 12.8. The second-order valence-electron chi connectivity index (χ2n) is 4.36. The second kappa shape index (κ2) is 4.69. The highest BCUT2D eigenvalue weighted by molar-refractivity contribution is 5.98. The fraction of sp³-hybridized carbons (Fsp3) is 0.500. The molecule has 1 aromatic rings. The van der Waals surface area contributed by atoms with Gasteiger partial charge >= 0.3 is 0 Å². The van der Waals surface area contributed by atoms with Gasteiger partial charge in [-0.2, -0.15) is 0 Å². The first-order valence-electron chi connectivity index (χ1n) is 5.76. The molecule has 0 spiro atoms. The van der Waals surface area contributed by atoms with Crippen molar-refractivity contribution in [1.82, 2.24) is 5.32 Å². The van der Waals surface area contributed by atoms with Gasteiger partial charge in [-0.05, 0) is 69.4 Å². The van der Waals surface area contributed by atoms with Crippen molar-refractivity contribution in [3.8, 4) is 0 Å². The minimum atomic E-state index is 0.0451. The van der Waals surface area contributed by atoms with Gasteiger partial charge in [-0.25, -0.2) is 0 Å². The van der Waals surface area contributed by atoms with Gasteiger partial charge in [0.25, 0.3) is 5.91 Å². The zero-order valence-electron chi connectivity index (χ0n) is 11.1. The van der Waals surface area contributed by atoms with Gasteiger partial charge in [0.1, 0.15) is 0 Å². The predicted molar refractivity (Wildman–Crippen MR) is 68.1 cm³/mol. The second-order valence-corrected chi connectivity index (χ2v) is 4.36. The van der Waals surface area contributed by atoms with Gasteiger partial charge in [-0.1, -0.05) is 0 Å². The number of nitrogens with one attached hydrogen (secondary N) is 1. The van der Waals surface area contributed by atoms with Crippen molar-refractivity contribution >= 4 is 5.91 Å². The number of carbonyl (C=O) groups excluding carboxylic acids is 1. The molecule has 0 aliphatic heterocycles. The summed E-state index contributed by atoms with van der Waals surface area (Å²) in [6.45, 7) is 12.9. The molecule has 0 aliphatic rings. The van der Waals surface area contributed by atoms with Crippen molar-refractivity contribution in [2.24, 2.45) is 0 Å². The van der Waals surface area contributed by atoms with Gasteiger partial charge in [0.2, 0.25) is 0 Å². The van der Waals surface area contributed by atoms with E-state index in [1.807, 2.05) is 20.8 Å². The van der Waals surface area contributed by atoms with Gasteiger partial charge in [-0.15, -0.1) is 0 Å². The van der Waals surface area contributed by atoms with Crippen LogP contribution in [-0.4, -0.2) is 12.5 Å². The van der Waals surface area contributed by atoms with E-state index >= 15 is 0 Å². The number of carbonyl (C=O) groups is 1. The van der Waals surface area contributed by atoms with Crippen LogP contribution in [0.4, 0.5) is 0 Å². The molecule has 0 saturated heterocycles. The molecule has 1 N–H and O–H groups in total. The first-order valence-corrected chi connectivity index (χ1v) is 5.76. The summed E-state index contributed by atoms with van der Waals surface area (Å²) in [4.78, 5) is 12.0. The Bertz CT molecular complexity index is 404. The molecule has 0 aromatic heterocycles. The standard InChI is InChI=1S/C14H21NO/c1-7-15-14(16)13-11(5)9(3)8(2)10(4)12(13)6/h7H2,1-6H3,(H,15,16). The zero-order chi connectivity index (χ0) is 12.5. The van der Waals surface area contributed by atoms with E-state index in [2.05, 4.69) is 26.1 Å². The molecule has 2 nitrogen and oxygen atoms in total. The van der Waals surface area contributed by atoms with Crippen LogP contribution in [0.15, 0.2) is 0 Å². The Morgan fingerprint density at radius 1 is 0.875 bits per heavy atom. The fourth-order valence-electron chi connectivity index (χ4n) is 2.09. The maximum atomic E-state index is 12.0. The molecule has 0 fully saturated rings. The summed E-state index contributed by atoms with van der Waals surface area (Å²) in [6, 6.07) is 0. The van der Waals surface area contributed by atoms with Gasteiger partial charge in [0.05, 0.1) is 0 Å². The van der Waals surface area contributed by atoms with Gasteiger partial charge < -0.3 is 5.32 Å². The van der Waals surface area contributed by atoms with Crippen LogP contribution in [0.1, 0.15) is 45.1 Å². The average molecular weight is 219 g/mol. The molecule has 0 radical (unpaired) electrons. The molecule has 0 unspecified atom stereocenters. The number of hydrogen-bond donors (Lipinski definition) is 1. The average Bonchev–Trinajstić information content (AvgIpc) is 2.24. The van der Waals surface area contributed by atoms with E-state index in [0.29, 0.717) is 6.54 Å². The van der Waals surface area contributed by atoms with E-state index in [1.165, 1.54) is 16.7 Å². The summed E-state index contributed by atoms with van der Waals surface area (Å²) in [5.41, 5.74) is 6.80. The smallest absolute Gasteiger partial charge is 0.251 e. The van der Waals surface area contributed by atoms with E-state index in [9.17, 15) is 4.79 Å². The van der Waals surface area contributed by atoms with Crippen LogP contribution in [0.5, 0.6) is 0 Å². The monoisotopic (exact) mass is 219 g/mol. The third-order valence-electron chi connectivity index (χ3n) is 3.56. The Morgan fingerprint density at radius 2 is 1.25 bits per heavy atom. The number of amides is 1. The maximum Gasteiger partial charge on any atom is 0.251 e. The Balaban J connectivity index is 3.45. The minimum Gasteiger partial charge on any atom is -0.352 e. The van der Waals surface area contributed by atoms with E-state index < -0.39 is 0 Å². The van der Waals surface area contributed by atoms with E-state index in [0.717, 1.165) is 16.7 Å². The molecule has 88 valence electrons. The van der Waals surface area contributed by atoms with Crippen molar-refractivity contribution in [3.05, 3.63) is 33.4 Å². The minimum absolute atomic E-state index is 0.0451. The van der Waals surface area contributed by atoms with E-state index in [1.54, 1.807) is 0 Å². The highest BCUT2D eigenvalue weighted by Gasteiger charge is 2.17. The fourth-order valence-corrected chi connectivity index (χ4v) is 2.09. The van der Waals surface area contributed by atoms with Crippen LogP contribution in [0.25, 0.3) is 0 Å². The van der Waals surface area contributed by atoms with Gasteiger partial charge in [0, 0.05) is 12.1 Å². The van der Waals surface area contributed by atoms with Crippen LogP contribution < -0.4 is 5.32 Å². The molecule has 0 bridgehead atoms. The quantitative estimate of drug-likeness (QED) is 0.814. The van der Waals surface area contributed by atoms with Crippen LogP contribution >= 0.6 is 0 Å². The zero-order valence-corrected chi connectivity index (χ0v) is 11.1. The molecule has 2 heteroatoms. The Kier molecular flexibility index (Phi) is 3.74. The molecule has 1 rings (SSSR count). The summed E-state index contributed by atoms with van der Waals surface area (Å²) in [6.07, 6.45) is 0. The summed E-state index contributed by atoms with van der Waals surface area (Å²) in [5, 5.41) is 2.88.